The molecule has 102 valence electrons. The normalized spacial score (nSPS) is 12.4. The Balaban J connectivity index is 2.10. The Morgan fingerprint density at radius 3 is 2.84 bits per heavy atom. The molecule has 1 N–H and O–H groups in total. The van der Waals surface area contributed by atoms with Crippen LogP contribution in [-0.4, -0.2) is 10.1 Å². The van der Waals surface area contributed by atoms with E-state index in [4.69, 9.17) is 4.74 Å². The van der Waals surface area contributed by atoms with E-state index in [1.807, 2.05) is 30.5 Å². The van der Waals surface area contributed by atoms with Crippen molar-refractivity contribution in [2.45, 2.75) is 39.9 Å². The van der Waals surface area contributed by atoms with Crippen molar-refractivity contribution in [3.8, 4) is 5.75 Å². The van der Waals surface area contributed by atoms with Crippen LogP contribution in [0.15, 0.2) is 23.6 Å². The first kappa shape index (κ1) is 14.0. The third-order valence-electron chi connectivity index (χ3n) is 2.89. The Morgan fingerprint density at radius 1 is 1.42 bits per heavy atom. The van der Waals surface area contributed by atoms with E-state index in [0.717, 1.165) is 34.0 Å². The van der Waals surface area contributed by atoms with Gasteiger partial charge in [0.1, 0.15) is 12.4 Å². The number of rotatable bonds is 5. The number of thiazole rings is 1. The highest BCUT2D eigenvalue weighted by molar-refractivity contribution is 7.09. The number of aromatic nitrogens is 1. The van der Waals surface area contributed by atoms with Crippen molar-refractivity contribution in [1.29, 1.82) is 0 Å². The zero-order valence-electron chi connectivity index (χ0n) is 11.5. The van der Waals surface area contributed by atoms with Crippen LogP contribution >= 0.6 is 11.3 Å². The summed E-state index contributed by atoms with van der Waals surface area (Å²) in [7, 11) is 0. The van der Waals surface area contributed by atoms with Gasteiger partial charge in [0.2, 0.25) is 0 Å². The van der Waals surface area contributed by atoms with Gasteiger partial charge in [-0.2, -0.15) is 0 Å². The van der Waals surface area contributed by atoms with Gasteiger partial charge in [0.05, 0.1) is 16.8 Å². The zero-order valence-corrected chi connectivity index (χ0v) is 12.3. The zero-order chi connectivity index (χ0) is 13.8. The van der Waals surface area contributed by atoms with Gasteiger partial charge in [-0.3, -0.25) is 0 Å². The molecule has 1 aromatic carbocycles. The number of benzene rings is 1. The Bertz CT molecular complexity index is 549. The fourth-order valence-electron chi connectivity index (χ4n) is 1.86. The molecule has 0 spiro atoms. The molecule has 19 heavy (non-hydrogen) atoms. The molecule has 0 saturated carbocycles. The number of aliphatic hydroxyl groups is 1. The highest BCUT2D eigenvalue weighted by Crippen LogP contribution is 2.27. The van der Waals surface area contributed by atoms with Crippen LogP contribution in [-0.2, 0) is 13.0 Å². The van der Waals surface area contributed by atoms with E-state index in [2.05, 4.69) is 11.9 Å². The third kappa shape index (κ3) is 3.55. The lowest BCUT2D eigenvalue weighted by molar-refractivity contribution is 0.189. The lowest BCUT2D eigenvalue weighted by atomic mass is 10.1. The van der Waals surface area contributed by atoms with Crippen LogP contribution in [0.5, 0.6) is 5.75 Å². The molecule has 0 fully saturated rings. The van der Waals surface area contributed by atoms with Gasteiger partial charge in [0, 0.05) is 10.9 Å². The number of hydrogen-bond donors (Lipinski definition) is 1. The van der Waals surface area contributed by atoms with E-state index in [-0.39, 0.29) is 0 Å². The highest BCUT2D eigenvalue weighted by Gasteiger charge is 2.10. The number of ether oxygens (including phenoxy) is 1. The summed E-state index contributed by atoms with van der Waals surface area (Å²) in [6, 6.07) is 5.85. The van der Waals surface area contributed by atoms with Crippen LogP contribution in [0.4, 0.5) is 0 Å². The molecule has 0 saturated heterocycles. The minimum Gasteiger partial charge on any atom is -0.487 e. The van der Waals surface area contributed by atoms with Gasteiger partial charge in [-0.15, -0.1) is 11.3 Å². The average molecular weight is 277 g/mol. The molecule has 1 heterocycles. The molecule has 0 aliphatic carbocycles. The van der Waals surface area contributed by atoms with Crippen molar-refractivity contribution in [1.82, 2.24) is 4.98 Å². The van der Waals surface area contributed by atoms with E-state index < -0.39 is 6.10 Å². The van der Waals surface area contributed by atoms with E-state index in [1.54, 1.807) is 18.3 Å². The van der Waals surface area contributed by atoms with Crippen LogP contribution in [0.25, 0.3) is 0 Å². The van der Waals surface area contributed by atoms with Crippen molar-refractivity contribution in [2.24, 2.45) is 0 Å². The molecule has 0 aliphatic heterocycles. The molecule has 0 aliphatic rings. The van der Waals surface area contributed by atoms with Gasteiger partial charge < -0.3 is 9.84 Å². The molecule has 2 rings (SSSR count). The molecule has 3 nitrogen and oxygen atoms in total. The second-order valence-corrected chi connectivity index (χ2v) is 5.53. The van der Waals surface area contributed by atoms with E-state index in [9.17, 15) is 5.11 Å². The monoisotopic (exact) mass is 277 g/mol. The van der Waals surface area contributed by atoms with Crippen molar-refractivity contribution in [2.75, 3.05) is 0 Å². The van der Waals surface area contributed by atoms with Crippen LogP contribution in [0.1, 0.15) is 41.8 Å². The first-order valence-corrected chi connectivity index (χ1v) is 7.32. The average Bonchev–Trinajstić information content (AvgIpc) is 2.85. The summed E-state index contributed by atoms with van der Waals surface area (Å²) in [5.41, 5.74) is 2.88. The summed E-state index contributed by atoms with van der Waals surface area (Å²) in [5, 5.41) is 12.9. The molecule has 1 aromatic heterocycles. The highest BCUT2D eigenvalue weighted by atomic mass is 32.1. The molecule has 4 heteroatoms. The van der Waals surface area contributed by atoms with Gasteiger partial charge in [-0.1, -0.05) is 18.6 Å². The van der Waals surface area contributed by atoms with Gasteiger partial charge in [-0.25, -0.2) is 4.98 Å². The molecule has 0 unspecified atom stereocenters. The molecular weight excluding hydrogens is 258 g/mol. The summed E-state index contributed by atoms with van der Waals surface area (Å²) in [6.07, 6.45) is 0.422. The summed E-state index contributed by atoms with van der Waals surface area (Å²) in [5.74, 6) is 0.728. The summed E-state index contributed by atoms with van der Waals surface area (Å²) < 4.78 is 5.78. The minimum atomic E-state index is -0.531. The SMILES string of the molecule is CCc1nc(COc2ccc(C)cc2[C@@H](C)O)cs1. The predicted molar refractivity (Wildman–Crippen MR) is 77.6 cm³/mol. The Morgan fingerprint density at radius 2 is 2.21 bits per heavy atom. The smallest absolute Gasteiger partial charge is 0.131 e. The van der Waals surface area contributed by atoms with E-state index in [1.165, 1.54) is 0 Å². The minimum absolute atomic E-state index is 0.444. The lowest BCUT2D eigenvalue weighted by Gasteiger charge is -2.13. The van der Waals surface area contributed by atoms with Gasteiger partial charge in [0.25, 0.3) is 0 Å². The van der Waals surface area contributed by atoms with Crippen molar-refractivity contribution < 1.29 is 9.84 Å². The first-order valence-electron chi connectivity index (χ1n) is 6.44. The third-order valence-corrected chi connectivity index (χ3v) is 3.93. The largest absolute Gasteiger partial charge is 0.487 e. The van der Waals surface area contributed by atoms with Crippen LogP contribution in [0.2, 0.25) is 0 Å². The quantitative estimate of drug-likeness (QED) is 0.907. The molecule has 1 atom stereocenters. The molecular formula is C15H19NO2S. The molecule has 0 bridgehead atoms. The summed E-state index contributed by atoms with van der Waals surface area (Å²) in [6.45, 7) is 6.29. The Labute approximate surface area is 117 Å². The number of hydrogen-bond acceptors (Lipinski definition) is 4. The second kappa shape index (κ2) is 6.17. The van der Waals surface area contributed by atoms with Gasteiger partial charge >= 0.3 is 0 Å². The van der Waals surface area contributed by atoms with Crippen LogP contribution in [0.3, 0.4) is 0 Å². The van der Waals surface area contributed by atoms with E-state index >= 15 is 0 Å². The van der Waals surface area contributed by atoms with Crippen LogP contribution in [0, 0.1) is 6.92 Å². The number of aryl methyl sites for hydroxylation is 2. The molecule has 0 amide bonds. The Hall–Kier alpha value is -1.39. The maximum atomic E-state index is 9.77. The lowest BCUT2D eigenvalue weighted by Crippen LogP contribution is -2.02. The predicted octanol–water partition coefficient (Wildman–Crippen LogP) is 3.65. The fraction of sp³-hybridized carbons (Fsp3) is 0.400. The van der Waals surface area contributed by atoms with E-state index in [0.29, 0.717) is 6.61 Å². The van der Waals surface area contributed by atoms with Crippen molar-refractivity contribution >= 4 is 11.3 Å². The Kier molecular flexibility index (Phi) is 4.56. The first-order chi connectivity index (χ1) is 9.10. The number of aliphatic hydroxyl groups excluding tert-OH is 1. The maximum absolute atomic E-state index is 9.77. The number of nitrogens with zero attached hydrogens (tertiary/aromatic N) is 1. The second-order valence-electron chi connectivity index (χ2n) is 4.59. The fourth-order valence-corrected chi connectivity index (χ4v) is 2.58. The maximum Gasteiger partial charge on any atom is 0.131 e. The van der Waals surface area contributed by atoms with Gasteiger partial charge in [0.15, 0.2) is 0 Å². The topological polar surface area (TPSA) is 42.4 Å². The molecule has 0 radical (unpaired) electrons. The summed E-state index contributed by atoms with van der Waals surface area (Å²) >= 11 is 1.66. The van der Waals surface area contributed by atoms with Crippen LogP contribution < -0.4 is 4.74 Å². The van der Waals surface area contributed by atoms with Gasteiger partial charge in [-0.05, 0) is 32.4 Å². The van der Waals surface area contributed by atoms with Crippen molar-refractivity contribution in [3.05, 3.63) is 45.4 Å². The standard InChI is InChI=1S/C15H19NO2S/c1-4-15-16-12(9-19-15)8-18-14-6-5-10(2)7-13(14)11(3)17/h5-7,9,11,17H,4,8H2,1-3H3/t11-/m1/s1. The van der Waals surface area contributed by atoms with Crippen molar-refractivity contribution in [3.63, 3.8) is 0 Å². The molecule has 2 aromatic rings. The summed E-state index contributed by atoms with van der Waals surface area (Å²) in [4.78, 5) is 4.47.